The first kappa shape index (κ1) is 9.88. The second kappa shape index (κ2) is 4.25. The van der Waals surface area contributed by atoms with Crippen LogP contribution >= 0.6 is 0 Å². The van der Waals surface area contributed by atoms with Crippen LogP contribution in [0.1, 0.15) is 5.56 Å². The lowest BCUT2D eigenvalue weighted by atomic mass is 9.87. The molecule has 0 bridgehead atoms. The highest BCUT2D eigenvalue weighted by Crippen LogP contribution is 1.99. The van der Waals surface area contributed by atoms with Gasteiger partial charge in [-0.25, -0.2) is 0 Å². The van der Waals surface area contributed by atoms with E-state index >= 15 is 0 Å². The van der Waals surface area contributed by atoms with Gasteiger partial charge in [-0.1, -0.05) is 30.3 Å². The van der Waals surface area contributed by atoms with E-state index in [0.29, 0.717) is 6.54 Å². The smallest absolute Gasteiger partial charge is 0.422 e. The zero-order chi connectivity index (χ0) is 10.7. The minimum Gasteiger partial charge on any atom is -0.422 e. The van der Waals surface area contributed by atoms with Crippen LogP contribution in [0.5, 0.6) is 0 Å². The fraction of sp³-hybridized carbons (Fsp3) is 0.111. The zero-order valence-electron chi connectivity index (χ0n) is 7.98. The highest BCUT2D eigenvalue weighted by atomic mass is 16.4. The van der Waals surface area contributed by atoms with Crippen molar-refractivity contribution in [2.45, 2.75) is 6.54 Å². The molecular formula is C9H10BN3O2. The molecule has 0 saturated heterocycles. The van der Waals surface area contributed by atoms with Crippen LogP contribution in [0.3, 0.4) is 0 Å². The summed E-state index contributed by atoms with van der Waals surface area (Å²) in [7, 11) is -1.56. The summed E-state index contributed by atoms with van der Waals surface area (Å²) in [5.74, 6) is 0. The van der Waals surface area contributed by atoms with E-state index in [2.05, 4.69) is 10.2 Å². The third-order valence-corrected chi connectivity index (χ3v) is 1.99. The van der Waals surface area contributed by atoms with Crippen molar-refractivity contribution in [3.05, 3.63) is 42.1 Å². The monoisotopic (exact) mass is 203 g/mol. The van der Waals surface area contributed by atoms with Gasteiger partial charge in [0, 0.05) is 0 Å². The van der Waals surface area contributed by atoms with E-state index in [0.717, 1.165) is 5.56 Å². The molecule has 1 aromatic carbocycles. The highest BCUT2D eigenvalue weighted by Gasteiger charge is 2.15. The molecule has 0 unspecified atom stereocenters. The van der Waals surface area contributed by atoms with Crippen molar-refractivity contribution in [1.82, 2.24) is 15.0 Å². The summed E-state index contributed by atoms with van der Waals surface area (Å²) in [6, 6.07) is 9.71. The lowest BCUT2D eigenvalue weighted by molar-refractivity contribution is 0.423. The Labute approximate surface area is 87.1 Å². The third-order valence-electron chi connectivity index (χ3n) is 1.99. The number of rotatable bonds is 3. The van der Waals surface area contributed by atoms with Gasteiger partial charge in [-0.2, -0.15) is 15.0 Å². The Morgan fingerprint density at radius 1 is 1.20 bits per heavy atom. The van der Waals surface area contributed by atoms with Crippen molar-refractivity contribution in [3.63, 3.8) is 0 Å². The van der Waals surface area contributed by atoms with Crippen LogP contribution in [0, 0.1) is 0 Å². The molecule has 0 fully saturated rings. The Bertz CT molecular complexity index is 430. The van der Waals surface area contributed by atoms with Crippen molar-refractivity contribution in [1.29, 1.82) is 0 Å². The summed E-state index contributed by atoms with van der Waals surface area (Å²) < 4.78 is 0. The molecule has 0 spiro atoms. The number of benzene rings is 1. The molecule has 0 atom stereocenters. The van der Waals surface area contributed by atoms with Crippen LogP contribution in [0.25, 0.3) is 0 Å². The first-order valence-electron chi connectivity index (χ1n) is 4.56. The van der Waals surface area contributed by atoms with Crippen LogP contribution in [-0.4, -0.2) is 32.2 Å². The molecule has 15 heavy (non-hydrogen) atoms. The molecule has 2 aromatic rings. The zero-order valence-corrected chi connectivity index (χ0v) is 7.98. The van der Waals surface area contributed by atoms with Gasteiger partial charge < -0.3 is 10.0 Å². The Morgan fingerprint density at radius 3 is 2.53 bits per heavy atom. The van der Waals surface area contributed by atoms with Crippen LogP contribution < -0.4 is 5.59 Å². The average molecular weight is 203 g/mol. The highest BCUT2D eigenvalue weighted by molar-refractivity contribution is 6.57. The Hall–Kier alpha value is -1.66. The third kappa shape index (κ3) is 2.42. The van der Waals surface area contributed by atoms with Crippen LogP contribution in [-0.2, 0) is 6.54 Å². The van der Waals surface area contributed by atoms with E-state index in [9.17, 15) is 0 Å². The molecule has 2 N–H and O–H groups in total. The van der Waals surface area contributed by atoms with Gasteiger partial charge in [0.1, 0.15) is 5.59 Å². The Kier molecular flexibility index (Phi) is 2.80. The summed E-state index contributed by atoms with van der Waals surface area (Å²) in [5.41, 5.74) is 1.22. The Balaban J connectivity index is 2.12. The summed E-state index contributed by atoms with van der Waals surface area (Å²) in [4.78, 5) is 1.42. The molecule has 0 amide bonds. The number of aromatic nitrogens is 3. The second-order valence-corrected chi connectivity index (χ2v) is 3.16. The van der Waals surface area contributed by atoms with Crippen LogP contribution in [0.15, 0.2) is 36.5 Å². The van der Waals surface area contributed by atoms with Gasteiger partial charge in [-0.05, 0) is 5.56 Å². The minimum absolute atomic E-state index is 0.158. The van der Waals surface area contributed by atoms with E-state index in [1.165, 1.54) is 11.0 Å². The molecule has 2 rings (SSSR count). The van der Waals surface area contributed by atoms with Gasteiger partial charge in [-0.15, -0.1) is 0 Å². The Morgan fingerprint density at radius 2 is 1.93 bits per heavy atom. The topological polar surface area (TPSA) is 71.2 Å². The SMILES string of the molecule is OB(O)c1cnn(Cc2ccccc2)n1. The number of nitrogens with zero attached hydrogens (tertiary/aromatic N) is 3. The largest absolute Gasteiger partial charge is 0.511 e. The van der Waals surface area contributed by atoms with Crippen LogP contribution in [0.2, 0.25) is 0 Å². The normalized spacial score (nSPS) is 10.3. The maximum Gasteiger partial charge on any atom is 0.511 e. The van der Waals surface area contributed by atoms with Crippen molar-refractivity contribution in [2.24, 2.45) is 0 Å². The molecule has 5 nitrogen and oxygen atoms in total. The molecule has 6 heteroatoms. The summed E-state index contributed by atoms with van der Waals surface area (Å²) in [6.45, 7) is 0.521. The molecule has 0 radical (unpaired) electrons. The molecular weight excluding hydrogens is 193 g/mol. The predicted molar refractivity (Wildman–Crippen MR) is 55.4 cm³/mol. The van der Waals surface area contributed by atoms with Gasteiger partial charge >= 0.3 is 7.12 Å². The number of hydrogen-bond donors (Lipinski definition) is 2. The first-order chi connectivity index (χ1) is 7.25. The van der Waals surface area contributed by atoms with Crippen molar-refractivity contribution in [3.8, 4) is 0 Å². The van der Waals surface area contributed by atoms with E-state index in [1.807, 2.05) is 30.3 Å². The fourth-order valence-electron chi connectivity index (χ4n) is 1.25. The molecule has 1 heterocycles. The molecule has 0 saturated carbocycles. The first-order valence-corrected chi connectivity index (χ1v) is 4.56. The van der Waals surface area contributed by atoms with Crippen molar-refractivity contribution < 1.29 is 10.0 Å². The van der Waals surface area contributed by atoms with E-state index in [-0.39, 0.29) is 5.59 Å². The average Bonchev–Trinajstić information content (AvgIpc) is 2.68. The van der Waals surface area contributed by atoms with Gasteiger partial charge in [0.2, 0.25) is 0 Å². The van der Waals surface area contributed by atoms with Gasteiger partial charge in [0.25, 0.3) is 0 Å². The summed E-state index contributed by atoms with van der Waals surface area (Å²) >= 11 is 0. The van der Waals surface area contributed by atoms with E-state index < -0.39 is 7.12 Å². The number of hydrogen-bond acceptors (Lipinski definition) is 4. The lowest BCUT2D eigenvalue weighted by Crippen LogP contribution is -2.31. The summed E-state index contributed by atoms with van der Waals surface area (Å²) in [5, 5.41) is 25.5. The van der Waals surface area contributed by atoms with E-state index in [1.54, 1.807) is 0 Å². The quantitative estimate of drug-likeness (QED) is 0.628. The minimum atomic E-state index is -1.56. The van der Waals surface area contributed by atoms with Crippen molar-refractivity contribution >= 4 is 12.7 Å². The molecule has 0 aliphatic rings. The maximum atomic E-state index is 8.84. The van der Waals surface area contributed by atoms with Gasteiger partial charge in [0.05, 0.1) is 12.7 Å². The second-order valence-electron chi connectivity index (χ2n) is 3.16. The van der Waals surface area contributed by atoms with Crippen molar-refractivity contribution in [2.75, 3.05) is 0 Å². The van der Waals surface area contributed by atoms with E-state index in [4.69, 9.17) is 10.0 Å². The molecule has 76 valence electrons. The maximum absolute atomic E-state index is 8.84. The van der Waals surface area contributed by atoms with Crippen LogP contribution in [0.4, 0.5) is 0 Å². The molecule has 1 aromatic heterocycles. The van der Waals surface area contributed by atoms with Gasteiger partial charge in [0.15, 0.2) is 0 Å². The standard InChI is InChI=1S/C9H10BN3O2/c14-10(15)9-6-11-13(12-9)7-8-4-2-1-3-5-8/h1-6,14-15H,7H2. The van der Waals surface area contributed by atoms with Gasteiger partial charge in [-0.3, -0.25) is 0 Å². The predicted octanol–water partition coefficient (Wildman–Crippen LogP) is -0.994. The summed E-state index contributed by atoms with van der Waals surface area (Å²) in [6.07, 6.45) is 1.34. The lowest BCUT2D eigenvalue weighted by Gasteiger charge is -1.99. The molecule has 0 aliphatic heterocycles. The fourth-order valence-corrected chi connectivity index (χ4v) is 1.25. The molecule has 0 aliphatic carbocycles.